The number of carbonyl (C=O) groups excluding carboxylic acids is 2. The van der Waals surface area contributed by atoms with Crippen LogP contribution < -0.4 is 5.32 Å². The van der Waals surface area contributed by atoms with Gasteiger partial charge >= 0.3 is 0 Å². The van der Waals surface area contributed by atoms with Gasteiger partial charge in [0.25, 0.3) is 0 Å². The van der Waals surface area contributed by atoms with Crippen LogP contribution in [0.25, 0.3) is 0 Å². The van der Waals surface area contributed by atoms with Crippen molar-refractivity contribution in [1.82, 2.24) is 0 Å². The van der Waals surface area contributed by atoms with Gasteiger partial charge in [0.2, 0.25) is 5.91 Å². The summed E-state index contributed by atoms with van der Waals surface area (Å²) < 4.78 is 5.09. The van der Waals surface area contributed by atoms with Crippen LogP contribution in [0.5, 0.6) is 0 Å². The van der Waals surface area contributed by atoms with Gasteiger partial charge in [0, 0.05) is 17.9 Å². The first kappa shape index (κ1) is 13.4. The van der Waals surface area contributed by atoms with Gasteiger partial charge in [0.15, 0.2) is 5.78 Å². The second-order valence-corrected chi connectivity index (χ2v) is 3.63. The number of rotatable bonds is 6. The fourth-order valence-corrected chi connectivity index (χ4v) is 1.35. The Morgan fingerprint density at radius 2 is 2.12 bits per heavy atom. The third-order valence-corrected chi connectivity index (χ3v) is 2.23. The standard InChI is InChI=1S/C13H17NO3/c1-3-17-8-7-13(16)14-12-6-4-5-11(9-12)10(2)15/h4-6,9H,3,7-8H2,1-2H3,(H,14,16). The molecule has 0 heterocycles. The number of hydrogen-bond donors (Lipinski definition) is 1. The first-order chi connectivity index (χ1) is 8.13. The SMILES string of the molecule is CCOCCC(=O)Nc1cccc(C(C)=O)c1. The van der Waals surface area contributed by atoms with Crippen LogP contribution in [0, 0.1) is 0 Å². The molecule has 17 heavy (non-hydrogen) atoms. The van der Waals surface area contributed by atoms with Gasteiger partial charge in [-0.05, 0) is 26.0 Å². The summed E-state index contributed by atoms with van der Waals surface area (Å²) in [6, 6.07) is 6.89. The number of nitrogens with one attached hydrogen (secondary N) is 1. The molecule has 0 aliphatic rings. The lowest BCUT2D eigenvalue weighted by Crippen LogP contribution is -2.14. The second-order valence-electron chi connectivity index (χ2n) is 3.63. The molecular weight excluding hydrogens is 218 g/mol. The van der Waals surface area contributed by atoms with E-state index >= 15 is 0 Å². The summed E-state index contributed by atoms with van der Waals surface area (Å²) >= 11 is 0. The number of ketones is 1. The lowest BCUT2D eigenvalue weighted by atomic mass is 10.1. The minimum Gasteiger partial charge on any atom is -0.381 e. The molecule has 0 spiro atoms. The smallest absolute Gasteiger partial charge is 0.226 e. The predicted molar refractivity (Wildman–Crippen MR) is 66.2 cm³/mol. The number of anilines is 1. The molecule has 1 amide bonds. The maximum atomic E-state index is 11.5. The lowest BCUT2D eigenvalue weighted by Gasteiger charge is -2.06. The second kappa shape index (κ2) is 6.81. The van der Waals surface area contributed by atoms with Crippen molar-refractivity contribution in [2.24, 2.45) is 0 Å². The zero-order chi connectivity index (χ0) is 12.7. The van der Waals surface area contributed by atoms with Gasteiger partial charge in [-0.25, -0.2) is 0 Å². The highest BCUT2D eigenvalue weighted by atomic mass is 16.5. The van der Waals surface area contributed by atoms with Gasteiger partial charge in [-0.15, -0.1) is 0 Å². The normalized spacial score (nSPS) is 10.0. The van der Waals surface area contributed by atoms with Crippen LogP contribution in [-0.4, -0.2) is 24.9 Å². The minimum atomic E-state index is -0.112. The highest BCUT2D eigenvalue weighted by Gasteiger charge is 2.04. The summed E-state index contributed by atoms with van der Waals surface area (Å²) in [5, 5.41) is 2.72. The number of hydrogen-bond acceptors (Lipinski definition) is 3. The molecule has 1 rings (SSSR count). The van der Waals surface area contributed by atoms with E-state index in [0.29, 0.717) is 30.9 Å². The van der Waals surface area contributed by atoms with E-state index in [1.165, 1.54) is 6.92 Å². The quantitative estimate of drug-likeness (QED) is 0.607. The Morgan fingerprint density at radius 3 is 2.76 bits per heavy atom. The maximum Gasteiger partial charge on any atom is 0.226 e. The van der Waals surface area contributed by atoms with E-state index < -0.39 is 0 Å². The molecule has 4 nitrogen and oxygen atoms in total. The fraction of sp³-hybridized carbons (Fsp3) is 0.385. The third kappa shape index (κ3) is 4.78. The molecule has 0 atom stereocenters. The lowest BCUT2D eigenvalue weighted by molar-refractivity contribution is -0.117. The molecule has 92 valence electrons. The number of benzene rings is 1. The van der Waals surface area contributed by atoms with E-state index in [4.69, 9.17) is 4.74 Å². The van der Waals surface area contributed by atoms with Crippen LogP contribution in [0.3, 0.4) is 0 Å². The average Bonchev–Trinajstić information content (AvgIpc) is 2.29. The topological polar surface area (TPSA) is 55.4 Å². The first-order valence-electron chi connectivity index (χ1n) is 5.62. The van der Waals surface area contributed by atoms with Crippen LogP contribution in [0.15, 0.2) is 24.3 Å². The molecule has 0 saturated heterocycles. The van der Waals surface area contributed by atoms with E-state index in [9.17, 15) is 9.59 Å². The number of carbonyl (C=O) groups is 2. The molecule has 0 radical (unpaired) electrons. The highest BCUT2D eigenvalue weighted by molar-refractivity contribution is 5.97. The first-order valence-corrected chi connectivity index (χ1v) is 5.62. The molecule has 0 aliphatic heterocycles. The summed E-state index contributed by atoms with van der Waals surface area (Å²) in [7, 11) is 0. The minimum absolute atomic E-state index is 0.0181. The summed E-state index contributed by atoms with van der Waals surface area (Å²) in [5.41, 5.74) is 1.23. The summed E-state index contributed by atoms with van der Waals surface area (Å²) in [6.07, 6.45) is 0.318. The van der Waals surface area contributed by atoms with Gasteiger partial charge < -0.3 is 10.1 Å². The molecule has 1 aromatic rings. The van der Waals surface area contributed by atoms with Crippen molar-refractivity contribution in [3.05, 3.63) is 29.8 Å². The van der Waals surface area contributed by atoms with Gasteiger partial charge in [-0.1, -0.05) is 12.1 Å². The van der Waals surface area contributed by atoms with E-state index in [2.05, 4.69) is 5.32 Å². The Bertz CT molecular complexity index is 401. The largest absolute Gasteiger partial charge is 0.381 e. The Kier molecular flexibility index (Phi) is 5.36. The average molecular weight is 235 g/mol. The van der Waals surface area contributed by atoms with Crippen LogP contribution in [0.1, 0.15) is 30.6 Å². The predicted octanol–water partition coefficient (Wildman–Crippen LogP) is 2.25. The highest BCUT2D eigenvalue weighted by Crippen LogP contribution is 2.11. The molecular formula is C13H17NO3. The Balaban J connectivity index is 2.53. The summed E-state index contributed by atoms with van der Waals surface area (Å²) in [5.74, 6) is -0.130. The summed E-state index contributed by atoms with van der Waals surface area (Å²) in [4.78, 5) is 22.7. The van der Waals surface area contributed by atoms with Crippen molar-refractivity contribution < 1.29 is 14.3 Å². The fourth-order valence-electron chi connectivity index (χ4n) is 1.35. The molecule has 0 bridgehead atoms. The van der Waals surface area contributed by atoms with Crippen LogP contribution in [0.4, 0.5) is 5.69 Å². The Labute approximate surface area is 101 Å². The van der Waals surface area contributed by atoms with Crippen molar-refractivity contribution >= 4 is 17.4 Å². The van der Waals surface area contributed by atoms with Crippen molar-refractivity contribution in [2.75, 3.05) is 18.5 Å². The van der Waals surface area contributed by atoms with E-state index in [1.54, 1.807) is 24.3 Å². The van der Waals surface area contributed by atoms with Gasteiger partial charge in [0.05, 0.1) is 13.0 Å². The van der Waals surface area contributed by atoms with E-state index in [0.717, 1.165) is 0 Å². The van der Waals surface area contributed by atoms with Crippen molar-refractivity contribution in [3.8, 4) is 0 Å². The third-order valence-electron chi connectivity index (χ3n) is 2.23. The van der Waals surface area contributed by atoms with Gasteiger partial charge in [-0.2, -0.15) is 0 Å². The van der Waals surface area contributed by atoms with Crippen molar-refractivity contribution in [3.63, 3.8) is 0 Å². The zero-order valence-corrected chi connectivity index (χ0v) is 10.2. The molecule has 1 aromatic carbocycles. The zero-order valence-electron chi connectivity index (χ0n) is 10.2. The molecule has 0 aromatic heterocycles. The van der Waals surface area contributed by atoms with Crippen LogP contribution in [-0.2, 0) is 9.53 Å². The maximum absolute atomic E-state index is 11.5. The molecule has 0 saturated carbocycles. The Hall–Kier alpha value is -1.68. The molecule has 0 unspecified atom stereocenters. The van der Waals surface area contributed by atoms with Crippen LogP contribution >= 0.6 is 0 Å². The van der Waals surface area contributed by atoms with E-state index in [-0.39, 0.29) is 11.7 Å². The number of Topliss-reactive ketones (excluding diaryl/α,β-unsaturated/α-hetero) is 1. The summed E-state index contributed by atoms with van der Waals surface area (Å²) in [6.45, 7) is 4.39. The van der Waals surface area contributed by atoms with E-state index in [1.807, 2.05) is 6.92 Å². The van der Waals surface area contributed by atoms with Gasteiger partial charge in [0.1, 0.15) is 0 Å². The number of ether oxygens (including phenoxy) is 1. The van der Waals surface area contributed by atoms with Crippen LogP contribution in [0.2, 0.25) is 0 Å². The molecule has 0 fully saturated rings. The number of amides is 1. The molecule has 4 heteroatoms. The Morgan fingerprint density at radius 1 is 1.35 bits per heavy atom. The molecule has 1 N–H and O–H groups in total. The monoisotopic (exact) mass is 235 g/mol. The molecule has 0 aliphatic carbocycles. The van der Waals surface area contributed by atoms with Crippen molar-refractivity contribution in [2.45, 2.75) is 20.3 Å². The van der Waals surface area contributed by atoms with Gasteiger partial charge in [-0.3, -0.25) is 9.59 Å². The van der Waals surface area contributed by atoms with Crippen molar-refractivity contribution in [1.29, 1.82) is 0 Å².